The van der Waals surface area contributed by atoms with Gasteiger partial charge in [0.25, 0.3) is 0 Å². The number of methoxy groups -OCH3 is 1. The molecule has 1 unspecified atom stereocenters. The molecule has 1 rings (SSSR count). The molecule has 4 nitrogen and oxygen atoms in total. The molecular weight excluding hydrogens is 282 g/mol. The Morgan fingerprint density at radius 1 is 1.38 bits per heavy atom. The second-order valence-electron chi connectivity index (χ2n) is 6.63. The second kappa shape index (κ2) is 8.11. The van der Waals surface area contributed by atoms with Crippen LogP contribution in [0.4, 0.5) is 5.13 Å². The standard InChI is InChI=1S/C16H31N3OS/c1-8-9-17-10-14-13(11-20-7)18-15(21-14)19(6)12(2)16(3,4)5/h12,17H,8-11H2,1-7H3. The van der Waals surface area contributed by atoms with Gasteiger partial charge in [-0.2, -0.15) is 0 Å². The van der Waals surface area contributed by atoms with Crippen molar-refractivity contribution in [3.63, 3.8) is 0 Å². The smallest absolute Gasteiger partial charge is 0.185 e. The summed E-state index contributed by atoms with van der Waals surface area (Å²) in [5.74, 6) is 0. The maximum Gasteiger partial charge on any atom is 0.185 e. The first-order valence-electron chi connectivity index (χ1n) is 7.72. The Morgan fingerprint density at radius 2 is 2.05 bits per heavy atom. The van der Waals surface area contributed by atoms with Crippen LogP contribution in [0.25, 0.3) is 0 Å². The highest BCUT2D eigenvalue weighted by atomic mass is 32.1. The van der Waals surface area contributed by atoms with Crippen LogP contribution in [-0.2, 0) is 17.9 Å². The Kier molecular flexibility index (Phi) is 7.10. The van der Waals surface area contributed by atoms with Gasteiger partial charge in [0, 0.05) is 31.6 Å². The Balaban J connectivity index is 2.90. The lowest BCUT2D eigenvalue weighted by molar-refractivity contribution is 0.181. The Labute approximate surface area is 133 Å². The molecule has 0 aromatic carbocycles. The lowest BCUT2D eigenvalue weighted by Gasteiger charge is -2.35. The van der Waals surface area contributed by atoms with Crippen molar-refractivity contribution >= 4 is 16.5 Å². The molecule has 0 aliphatic rings. The zero-order valence-corrected chi connectivity index (χ0v) is 15.4. The third-order valence-electron chi connectivity index (χ3n) is 3.90. The van der Waals surface area contributed by atoms with Crippen molar-refractivity contribution in [1.82, 2.24) is 10.3 Å². The van der Waals surface area contributed by atoms with Gasteiger partial charge >= 0.3 is 0 Å². The fourth-order valence-electron chi connectivity index (χ4n) is 2.03. The van der Waals surface area contributed by atoms with E-state index in [0.29, 0.717) is 12.6 Å². The van der Waals surface area contributed by atoms with E-state index in [2.05, 4.69) is 51.9 Å². The van der Waals surface area contributed by atoms with Gasteiger partial charge in [0.05, 0.1) is 12.3 Å². The maximum atomic E-state index is 5.29. The van der Waals surface area contributed by atoms with Crippen LogP contribution in [0.15, 0.2) is 0 Å². The number of thiazole rings is 1. The molecule has 1 atom stereocenters. The van der Waals surface area contributed by atoms with Gasteiger partial charge in [-0.3, -0.25) is 0 Å². The quantitative estimate of drug-likeness (QED) is 0.743. The molecule has 21 heavy (non-hydrogen) atoms. The summed E-state index contributed by atoms with van der Waals surface area (Å²) in [5.41, 5.74) is 1.29. The molecule has 0 aliphatic carbocycles. The van der Waals surface area contributed by atoms with Crippen molar-refractivity contribution in [2.75, 3.05) is 25.6 Å². The van der Waals surface area contributed by atoms with Crippen molar-refractivity contribution in [3.05, 3.63) is 10.6 Å². The first kappa shape index (κ1) is 18.4. The summed E-state index contributed by atoms with van der Waals surface area (Å²) in [6.07, 6.45) is 1.15. The molecule has 0 amide bonds. The third kappa shape index (κ3) is 5.24. The molecule has 122 valence electrons. The minimum absolute atomic E-state index is 0.225. The lowest BCUT2D eigenvalue weighted by Crippen LogP contribution is -2.39. The van der Waals surface area contributed by atoms with Gasteiger partial charge in [0.1, 0.15) is 0 Å². The van der Waals surface area contributed by atoms with E-state index in [1.165, 1.54) is 4.88 Å². The Bertz CT molecular complexity index is 426. The van der Waals surface area contributed by atoms with E-state index < -0.39 is 0 Å². The molecule has 1 aromatic heterocycles. The van der Waals surface area contributed by atoms with Crippen molar-refractivity contribution < 1.29 is 4.74 Å². The molecule has 0 spiro atoms. The van der Waals surface area contributed by atoms with Crippen LogP contribution in [0.3, 0.4) is 0 Å². The normalized spacial score (nSPS) is 13.5. The number of hydrogen-bond donors (Lipinski definition) is 1. The lowest BCUT2D eigenvalue weighted by atomic mass is 9.87. The molecule has 0 fully saturated rings. The number of ether oxygens (including phenoxy) is 1. The molecule has 0 aliphatic heterocycles. The zero-order valence-electron chi connectivity index (χ0n) is 14.6. The number of anilines is 1. The van der Waals surface area contributed by atoms with Crippen LogP contribution in [-0.4, -0.2) is 31.7 Å². The molecule has 1 aromatic rings. The van der Waals surface area contributed by atoms with E-state index in [9.17, 15) is 0 Å². The molecule has 0 saturated carbocycles. The average molecular weight is 314 g/mol. The van der Waals surface area contributed by atoms with Gasteiger partial charge in [0.2, 0.25) is 0 Å². The molecule has 0 saturated heterocycles. The summed E-state index contributed by atoms with van der Waals surface area (Å²) in [4.78, 5) is 8.36. The monoisotopic (exact) mass is 313 g/mol. The van der Waals surface area contributed by atoms with E-state index in [-0.39, 0.29) is 5.41 Å². The first-order valence-corrected chi connectivity index (χ1v) is 8.54. The van der Waals surface area contributed by atoms with Crippen LogP contribution in [0.5, 0.6) is 0 Å². The first-order chi connectivity index (χ1) is 9.81. The largest absolute Gasteiger partial charge is 0.378 e. The minimum Gasteiger partial charge on any atom is -0.378 e. The second-order valence-corrected chi connectivity index (χ2v) is 7.69. The van der Waals surface area contributed by atoms with E-state index in [4.69, 9.17) is 9.72 Å². The van der Waals surface area contributed by atoms with E-state index in [1.807, 2.05) is 0 Å². The number of rotatable bonds is 8. The highest BCUT2D eigenvalue weighted by Crippen LogP contribution is 2.32. The molecular formula is C16H31N3OS. The van der Waals surface area contributed by atoms with Crippen molar-refractivity contribution in [2.45, 2.75) is 60.2 Å². The highest BCUT2D eigenvalue weighted by molar-refractivity contribution is 7.15. The summed E-state index contributed by atoms with van der Waals surface area (Å²) >= 11 is 1.77. The summed E-state index contributed by atoms with van der Waals surface area (Å²) < 4.78 is 5.29. The SMILES string of the molecule is CCCNCc1sc(N(C)C(C)C(C)(C)C)nc1COC. The van der Waals surface area contributed by atoms with E-state index in [0.717, 1.165) is 30.3 Å². The van der Waals surface area contributed by atoms with Crippen LogP contribution in [0, 0.1) is 5.41 Å². The number of hydrogen-bond acceptors (Lipinski definition) is 5. The zero-order chi connectivity index (χ0) is 16.0. The van der Waals surface area contributed by atoms with Crippen LogP contribution in [0.2, 0.25) is 0 Å². The van der Waals surface area contributed by atoms with Gasteiger partial charge in [0.15, 0.2) is 5.13 Å². The van der Waals surface area contributed by atoms with E-state index in [1.54, 1.807) is 18.4 Å². The number of nitrogens with zero attached hydrogens (tertiary/aromatic N) is 2. The van der Waals surface area contributed by atoms with Gasteiger partial charge < -0.3 is 15.0 Å². The fourth-order valence-corrected chi connectivity index (χ4v) is 3.11. The van der Waals surface area contributed by atoms with Crippen LogP contribution >= 0.6 is 11.3 Å². The van der Waals surface area contributed by atoms with Crippen molar-refractivity contribution in [1.29, 1.82) is 0 Å². The van der Waals surface area contributed by atoms with Crippen LogP contribution < -0.4 is 10.2 Å². The Morgan fingerprint density at radius 3 is 2.57 bits per heavy atom. The summed E-state index contributed by atoms with van der Waals surface area (Å²) in [5, 5.41) is 4.54. The summed E-state index contributed by atoms with van der Waals surface area (Å²) in [7, 11) is 3.86. The summed E-state index contributed by atoms with van der Waals surface area (Å²) in [6, 6.07) is 0.426. The molecule has 0 radical (unpaired) electrons. The van der Waals surface area contributed by atoms with E-state index >= 15 is 0 Å². The predicted octanol–water partition coefficient (Wildman–Crippen LogP) is 3.66. The number of aromatic nitrogens is 1. The van der Waals surface area contributed by atoms with Gasteiger partial charge in [-0.1, -0.05) is 27.7 Å². The molecule has 0 bridgehead atoms. The van der Waals surface area contributed by atoms with Crippen molar-refractivity contribution in [2.24, 2.45) is 5.41 Å². The maximum absolute atomic E-state index is 5.29. The van der Waals surface area contributed by atoms with Gasteiger partial charge in [-0.05, 0) is 25.3 Å². The predicted molar refractivity (Wildman–Crippen MR) is 92.1 cm³/mol. The molecule has 1 heterocycles. The highest BCUT2D eigenvalue weighted by Gasteiger charge is 2.26. The fraction of sp³-hybridized carbons (Fsp3) is 0.812. The van der Waals surface area contributed by atoms with Gasteiger partial charge in [-0.25, -0.2) is 4.98 Å². The molecule has 5 heteroatoms. The minimum atomic E-state index is 0.225. The average Bonchev–Trinajstić information content (AvgIpc) is 2.80. The van der Waals surface area contributed by atoms with Gasteiger partial charge in [-0.15, -0.1) is 11.3 Å². The molecule has 1 N–H and O–H groups in total. The van der Waals surface area contributed by atoms with Crippen LogP contribution in [0.1, 0.15) is 51.6 Å². The Hall–Kier alpha value is -0.650. The summed E-state index contributed by atoms with van der Waals surface area (Å²) in [6.45, 7) is 13.7. The van der Waals surface area contributed by atoms with Crippen molar-refractivity contribution in [3.8, 4) is 0 Å². The number of nitrogens with one attached hydrogen (secondary N) is 1. The topological polar surface area (TPSA) is 37.4 Å². The third-order valence-corrected chi connectivity index (χ3v) is 5.08.